The van der Waals surface area contributed by atoms with Crippen LogP contribution in [-0.4, -0.2) is 30.0 Å². The summed E-state index contributed by atoms with van der Waals surface area (Å²) in [7, 11) is 1.78. The second kappa shape index (κ2) is 8.88. The standard InChI is InChI=1S/C21H20N2O2S2/c1-23(14-15-8-10-18(26-2)11-9-15)21(25)16-5-3-6-17(13-16)22-20(24)19-7-4-12-27-19/h3-13H,14H2,1-2H3,(H,22,24). The Kier molecular flexibility index (Phi) is 6.32. The van der Waals surface area contributed by atoms with Crippen LogP contribution in [-0.2, 0) is 6.54 Å². The maximum absolute atomic E-state index is 12.7. The molecule has 0 saturated carbocycles. The van der Waals surface area contributed by atoms with Crippen molar-refractivity contribution < 1.29 is 9.59 Å². The smallest absolute Gasteiger partial charge is 0.265 e. The molecule has 0 unspecified atom stereocenters. The molecule has 2 aromatic carbocycles. The number of carbonyl (C=O) groups is 2. The minimum absolute atomic E-state index is 0.0869. The normalized spacial score (nSPS) is 10.4. The average molecular weight is 397 g/mol. The summed E-state index contributed by atoms with van der Waals surface area (Å²) < 4.78 is 0. The van der Waals surface area contributed by atoms with Crippen molar-refractivity contribution in [1.82, 2.24) is 4.90 Å². The Balaban J connectivity index is 1.67. The van der Waals surface area contributed by atoms with Crippen molar-refractivity contribution in [1.29, 1.82) is 0 Å². The summed E-state index contributed by atoms with van der Waals surface area (Å²) in [6, 6.07) is 18.8. The van der Waals surface area contributed by atoms with Gasteiger partial charge in [0.25, 0.3) is 11.8 Å². The fraction of sp³-hybridized carbons (Fsp3) is 0.143. The van der Waals surface area contributed by atoms with Gasteiger partial charge in [0.1, 0.15) is 0 Å². The molecule has 1 aromatic heterocycles. The monoisotopic (exact) mass is 396 g/mol. The number of thiophene rings is 1. The predicted molar refractivity (Wildman–Crippen MR) is 113 cm³/mol. The van der Waals surface area contributed by atoms with Gasteiger partial charge in [-0.15, -0.1) is 23.1 Å². The van der Waals surface area contributed by atoms with Gasteiger partial charge >= 0.3 is 0 Å². The molecule has 3 aromatic rings. The molecule has 0 aliphatic heterocycles. The summed E-state index contributed by atoms with van der Waals surface area (Å²) in [5.41, 5.74) is 2.23. The van der Waals surface area contributed by atoms with Gasteiger partial charge in [-0.2, -0.15) is 0 Å². The minimum atomic E-state index is -0.170. The van der Waals surface area contributed by atoms with E-state index >= 15 is 0 Å². The van der Waals surface area contributed by atoms with Crippen molar-refractivity contribution in [2.24, 2.45) is 0 Å². The first-order valence-electron chi connectivity index (χ1n) is 8.40. The topological polar surface area (TPSA) is 49.4 Å². The van der Waals surface area contributed by atoms with Crippen LogP contribution in [0.1, 0.15) is 25.6 Å². The lowest BCUT2D eigenvalue weighted by Gasteiger charge is -2.18. The quantitative estimate of drug-likeness (QED) is 0.597. The first-order valence-corrected chi connectivity index (χ1v) is 10.5. The van der Waals surface area contributed by atoms with Crippen LogP contribution >= 0.6 is 23.1 Å². The van der Waals surface area contributed by atoms with Gasteiger partial charge in [0.2, 0.25) is 0 Å². The Labute approximate surface area is 167 Å². The molecule has 3 rings (SSSR count). The minimum Gasteiger partial charge on any atom is -0.337 e. The fourth-order valence-electron chi connectivity index (χ4n) is 2.63. The molecule has 1 N–H and O–H groups in total. The zero-order valence-electron chi connectivity index (χ0n) is 15.1. The maximum atomic E-state index is 12.7. The summed E-state index contributed by atoms with van der Waals surface area (Å²) in [6.45, 7) is 0.527. The summed E-state index contributed by atoms with van der Waals surface area (Å²) in [4.78, 5) is 28.4. The van der Waals surface area contributed by atoms with Crippen molar-refractivity contribution in [3.05, 3.63) is 82.0 Å². The number of thioether (sulfide) groups is 1. The number of nitrogens with zero attached hydrogens (tertiary/aromatic N) is 1. The van der Waals surface area contributed by atoms with E-state index in [1.807, 2.05) is 29.8 Å². The second-order valence-corrected chi connectivity index (χ2v) is 7.85. The molecular formula is C21H20N2O2S2. The molecule has 4 nitrogen and oxygen atoms in total. The number of amides is 2. The van der Waals surface area contributed by atoms with Crippen LogP contribution < -0.4 is 5.32 Å². The van der Waals surface area contributed by atoms with Crippen LogP contribution in [0.4, 0.5) is 5.69 Å². The molecule has 2 amide bonds. The van der Waals surface area contributed by atoms with Gasteiger partial charge in [-0.3, -0.25) is 9.59 Å². The second-order valence-electron chi connectivity index (χ2n) is 6.02. The molecule has 0 saturated heterocycles. The first kappa shape index (κ1) is 19.2. The highest BCUT2D eigenvalue weighted by Crippen LogP contribution is 2.18. The van der Waals surface area contributed by atoms with Crippen LogP contribution in [0.2, 0.25) is 0 Å². The van der Waals surface area contributed by atoms with Crippen molar-refractivity contribution >= 4 is 40.6 Å². The van der Waals surface area contributed by atoms with E-state index in [4.69, 9.17) is 0 Å². The van der Waals surface area contributed by atoms with Crippen molar-refractivity contribution in [2.45, 2.75) is 11.4 Å². The molecule has 0 bridgehead atoms. The number of rotatable bonds is 6. The molecule has 0 aliphatic rings. The Hall–Kier alpha value is -2.57. The summed E-state index contributed by atoms with van der Waals surface area (Å²) >= 11 is 3.07. The zero-order chi connectivity index (χ0) is 19.2. The van der Waals surface area contributed by atoms with Gasteiger partial charge in [0.05, 0.1) is 4.88 Å². The maximum Gasteiger partial charge on any atom is 0.265 e. The van der Waals surface area contributed by atoms with E-state index in [-0.39, 0.29) is 11.8 Å². The molecule has 0 fully saturated rings. The number of nitrogens with one attached hydrogen (secondary N) is 1. The summed E-state index contributed by atoms with van der Waals surface area (Å²) in [6.07, 6.45) is 2.04. The van der Waals surface area contributed by atoms with E-state index in [2.05, 4.69) is 17.4 Å². The average Bonchev–Trinajstić information content (AvgIpc) is 3.23. The lowest BCUT2D eigenvalue weighted by atomic mass is 10.1. The van der Waals surface area contributed by atoms with Gasteiger partial charge in [-0.05, 0) is 53.6 Å². The van der Waals surface area contributed by atoms with Gasteiger partial charge < -0.3 is 10.2 Å². The van der Waals surface area contributed by atoms with E-state index in [0.717, 1.165) is 5.56 Å². The molecule has 27 heavy (non-hydrogen) atoms. The third-order valence-corrected chi connectivity index (χ3v) is 5.65. The third kappa shape index (κ3) is 4.99. The zero-order valence-corrected chi connectivity index (χ0v) is 16.8. The van der Waals surface area contributed by atoms with E-state index in [1.165, 1.54) is 16.2 Å². The lowest BCUT2D eigenvalue weighted by Crippen LogP contribution is -2.26. The number of anilines is 1. The van der Waals surface area contributed by atoms with Gasteiger partial charge in [0, 0.05) is 29.7 Å². The van der Waals surface area contributed by atoms with Crippen LogP contribution in [0.25, 0.3) is 0 Å². The molecular weight excluding hydrogens is 376 g/mol. The summed E-state index contributed by atoms with van der Waals surface area (Å²) in [5.74, 6) is -0.256. The largest absolute Gasteiger partial charge is 0.337 e. The SMILES string of the molecule is CSc1ccc(CN(C)C(=O)c2cccc(NC(=O)c3cccs3)c2)cc1. The van der Waals surface area contributed by atoms with E-state index in [0.29, 0.717) is 22.7 Å². The highest BCUT2D eigenvalue weighted by Gasteiger charge is 2.14. The number of hydrogen-bond acceptors (Lipinski definition) is 4. The van der Waals surface area contributed by atoms with Crippen molar-refractivity contribution in [3.63, 3.8) is 0 Å². The van der Waals surface area contributed by atoms with Crippen molar-refractivity contribution in [2.75, 3.05) is 18.6 Å². The molecule has 1 heterocycles. The molecule has 138 valence electrons. The third-order valence-electron chi connectivity index (χ3n) is 4.04. The van der Waals surface area contributed by atoms with Crippen molar-refractivity contribution in [3.8, 4) is 0 Å². The van der Waals surface area contributed by atoms with Crippen LogP contribution in [0.3, 0.4) is 0 Å². The number of benzene rings is 2. The van der Waals surface area contributed by atoms with Crippen LogP contribution in [0.5, 0.6) is 0 Å². The Morgan fingerprint density at radius 1 is 1.07 bits per heavy atom. The van der Waals surface area contributed by atoms with Gasteiger partial charge in [-0.25, -0.2) is 0 Å². The molecule has 0 atom stereocenters. The summed E-state index contributed by atoms with van der Waals surface area (Å²) in [5, 5.41) is 4.70. The lowest BCUT2D eigenvalue weighted by molar-refractivity contribution is 0.0784. The molecule has 6 heteroatoms. The molecule has 0 radical (unpaired) electrons. The highest BCUT2D eigenvalue weighted by molar-refractivity contribution is 7.98. The van der Waals surface area contributed by atoms with E-state index in [1.54, 1.807) is 54.0 Å². The molecule has 0 spiro atoms. The predicted octanol–water partition coefficient (Wildman–Crippen LogP) is 4.99. The highest BCUT2D eigenvalue weighted by atomic mass is 32.2. The fourth-order valence-corrected chi connectivity index (χ4v) is 3.65. The Bertz CT molecular complexity index is 922. The first-order chi connectivity index (χ1) is 13.1. The van der Waals surface area contributed by atoms with E-state index < -0.39 is 0 Å². The van der Waals surface area contributed by atoms with Crippen LogP contribution in [0, 0.1) is 0 Å². The van der Waals surface area contributed by atoms with Crippen LogP contribution in [0.15, 0.2) is 70.9 Å². The number of carbonyl (C=O) groups excluding carboxylic acids is 2. The van der Waals surface area contributed by atoms with Gasteiger partial charge in [0.15, 0.2) is 0 Å². The number of hydrogen-bond donors (Lipinski definition) is 1. The molecule has 0 aliphatic carbocycles. The Morgan fingerprint density at radius 2 is 1.85 bits per heavy atom. The Morgan fingerprint density at radius 3 is 2.52 bits per heavy atom. The van der Waals surface area contributed by atoms with Gasteiger partial charge in [-0.1, -0.05) is 24.3 Å². The van der Waals surface area contributed by atoms with E-state index in [9.17, 15) is 9.59 Å².